The molecule has 0 saturated heterocycles. The second-order valence-electron chi connectivity index (χ2n) is 5.61. The van der Waals surface area contributed by atoms with Gasteiger partial charge in [0.05, 0.1) is 0 Å². The van der Waals surface area contributed by atoms with Crippen molar-refractivity contribution < 1.29 is 12.6 Å². The van der Waals surface area contributed by atoms with E-state index in [9.17, 15) is 8.42 Å². The molecule has 5 heteroatoms. The van der Waals surface area contributed by atoms with Crippen LogP contribution in [0.25, 0.3) is 10.8 Å². The molecule has 4 nitrogen and oxygen atoms in total. The van der Waals surface area contributed by atoms with Crippen LogP contribution in [0.15, 0.2) is 72.8 Å². The largest absolute Gasteiger partial charge is 0.382 e. The molecule has 0 N–H and O–H groups in total. The predicted molar refractivity (Wildman–Crippen MR) is 98.1 cm³/mol. The molecule has 0 unspecified atom stereocenters. The third-order valence-electron chi connectivity index (χ3n) is 3.82. The van der Waals surface area contributed by atoms with Crippen molar-refractivity contribution in [3.63, 3.8) is 0 Å². The Morgan fingerprint density at radius 2 is 1.54 bits per heavy atom. The Morgan fingerprint density at radius 3 is 2.29 bits per heavy atom. The smallest absolute Gasteiger partial charge is 0.310 e. The van der Waals surface area contributed by atoms with Crippen molar-refractivity contribution >= 4 is 26.6 Å². The zero-order valence-corrected chi connectivity index (χ0v) is 14.2. The molecule has 0 fully saturated rings. The van der Waals surface area contributed by atoms with Crippen LogP contribution in [0.5, 0.6) is 5.75 Å². The molecule has 0 radical (unpaired) electrons. The van der Waals surface area contributed by atoms with E-state index in [-0.39, 0.29) is 5.75 Å². The summed E-state index contributed by atoms with van der Waals surface area (Å²) in [4.78, 5) is 1.92. The van der Waals surface area contributed by atoms with Gasteiger partial charge in [0.25, 0.3) is 0 Å². The summed E-state index contributed by atoms with van der Waals surface area (Å²) in [7, 11) is -1.74. The van der Waals surface area contributed by atoms with E-state index >= 15 is 0 Å². The third-order valence-corrected chi connectivity index (χ3v) is 4.95. The first kappa shape index (κ1) is 16.3. The molecule has 3 aromatic carbocycles. The van der Waals surface area contributed by atoms with Gasteiger partial charge in [-0.15, -0.1) is 0 Å². The fourth-order valence-corrected chi connectivity index (χ4v) is 3.44. The van der Waals surface area contributed by atoms with E-state index in [1.54, 1.807) is 24.3 Å². The van der Waals surface area contributed by atoms with Gasteiger partial charge in [-0.1, -0.05) is 48.5 Å². The highest BCUT2D eigenvalue weighted by Gasteiger charge is 2.14. The molecular weight excluding hydrogens is 322 g/mol. The summed E-state index contributed by atoms with van der Waals surface area (Å²) in [5, 5.41) is 2.29. The number of anilines is 1. The van der Waals surface area contributed by atoms with Gasteiger partial charge in [0.1, 0.15) is 11.5 Å². The van der Waals surface area contributed by atoms with E-state index in [2.05, 4.69) is 12.1 Å². The highest BCUT2D eigenvalue weighted by molar-refractivity contribution is 7.87. The van der Waals surface area contributed by atoms with Crippen LogP contribution in [0.2, 0.25) is 0 Å². The third kappa shape index (κ3) is 4.06. The minimum absolute atomic E-state index is 0.0782. The van der Waals surface area contributed by atoms with Gasteiger partial charge in [-0.3, -0.25) is 0 Å². The van der Waals surface area contributed by atoms with Gasteiger partial charge in [-0.25, -0.2) is 0 Å². The van der Waals surface area contributed by atoms with Crippen molar-refractivity contribution in [2.24, 2.45) is 0 Å². The first-order valence-electron chi connectivity index (χ1n) is 7.71. The fraction of sp³-hybridized carbons (Fsp3) is 0.158. The van der Waals surface area contributed by atoms with Crippen molar-refractivity contribution in [2.45, 2.75) is 0 Å². The molecule has 0 bridgehead atoms. The molecule has 0 heterocycles. The van der Waals surface area contributed by atoms with Gasteiger partial charge < -0.3 is 9.08 Å². The van der Waals surface area contributed by atoms with E-state index in [1.807, 2.05) is 48.3 Å². The Morgan fingerprint density at radius 1 is 0.875 bits per heavy atom. The first-order valence-corrected chi connectivity index (χ1v) is 9.28. The van der Waals surface area contributed by atoms with Gasteiger partial charge >= 0.3 is 10.1 Å². The average molecular weight is 341 g/mol. The molecule has 0 aromatic heterocycles. The number of hydrogen-bond donors (Lipinski definition) is 0. The second kappa shape index (κ2) is 6.93. The van der Waals surface area contributed by atoms with Crippen molar-refractivity contribution in [1.29, 1.82) is 0 Å². The molecule has 24 heavy (non-hydrogen) atoms. The average Bonchev–Trinajstić information content (AvgIpc) is 2.60. The zero-order valence-electron chi connectivity index (χ0n) is 13.4. The van der Waals surface area contributed by atoms with Crippen LogP contribution in [0.4, 0.5) is 5.69 Å². The predicted octanol–water partition coefficient (Wildman–Crippen LogP) is 3.68. The lowest BCUT2D eigenvalue weighted by atomic mass is 10.1. The Labute approximate surface area is 142 Å². The SMILES string of the molecule is CN(CCS(=O)(=O)Oc1ccccc1)c1ccc2ccccc2c1. The van der Waals surface area contributed by atoms with E-state index in [1.165, 1.54) is 0 Å². The van der Waals surface area contributed by atoms with Gasteiger partial charge in [0, 0.05) is 19.3 Å². The fourth-order valence-electron chi connectivity index (χ4n) is 2.46. The summed E-state index contributed by atoms with van der Waals surface area (Å²) in [6, 6.07) is 22.7. The molecule has 0 aliphatic carbocycles. The van der Waals surface area contributed by atoms with Crippen LogP contribution < -0.4 is 9.08 Å². The Bertz CT molecular complexity index is 924. The minimum Gasteiger partial charge on any atom is -0.382 e. The molecule has 0 saturated carbocycles. The molecule has 124 valence electrons. The Balaban J connectivity index is 1.66. The molecule has 0 aliphatic rings. The zero-order chi connectivity index (χ0) is 17.0. The molecule has 3 rings (SSSR count). The van der Waals surface area contributed by atoms with Crippen LogP contribution >= 0.6 is 0 Å². The molecule has 0 spiro atoms. The molecular formula is C19H19NO3S. The lowest BCUT2D eigenvalue weighted by molar-refractivity contribution is 0.486. The van der Waals surface area contributed by atoms with Gasteiger partial charge in [-0.05, 0) is 35.0 Å². The summed E-state index contributed by atoms with van der Waals surface area (Å²) in [5.74, 6) is 0.261. The summed E-state index contributed by atoms with van der Waals surface area (Å²) < 4.78 is 29.3. The van der Waals surface area contributed by atoms with Crippen LogP contribution in [0.3, 0.4) is 0 Å². The molecule has 0 aliphatic heterocycles. The number of benzene rings is 3. The van der Waals surface area contributed by atoms with Crippen LogP contribution in [-0.4, -0.2) is 27.8 Å². The number of rotatable bonds is 6. The van der Waals surface area contributed by atoms with Crippen molar-refractivity contribution in [3.8, 4) is 5.75 Å². The topological polar surface area (TPSA) is 46.6 Å². The maximum atomic E-state index is 12.1. The number of nitrogens with zero attached hydrogens (tertiary/aromatic N) is 1. The summed E-state index contributed by atoms with van der Waals surface area (Å²) in [6.45, 7) is 0.355. The van der Waals surface area contributed by atoms with E-state index in [0.29, 0.717) is 12.3 Å². The summed E-state index contributed by atoms with van der Waals surface area (Å²) in [6.07, 6.45) is 0. The summed E-state index contributed by atoms with van der Waals surface area (Å²) in [5.41, 5.74) is 0.976. The van der Waals surface area contributed by atoms with Crippen LogP contribution in [0, 0.1) is 0 Å². The normalized spacial score (nSPS) is 11.4. The van der Waals surface area contributed by atoms with E-state index < -0.39 is 10.1 Å². The molecule has 0 atom stereocenters. The maximum Gasteiger partial charge on any atom is 0.310 e. The van der Waals surface area contributed by atoms with E-state index in [4.69, 9.17) is 4.18 Å². The number of fused-ring (bicyclic) bond motifs is 1. The first-order chi connectivity index (χ1) is 11.5. The summed E-state index contributed by atoms with van der Waals surface area (Å²) >= 11 is 0. The highest BCUT2D eigenvalue weighted by atomic mass is 32.2. The van der Waals surface area contributed by atoms with Crippen LogP contribution in [-0.2, 0) is 10.1 Å². The number of para-hydroxylation sites is 1. The van der Waals surface area contributed by atoms with Gasteiger partial charge in [0.15, 0.2) is 0 Å². The maximum absolute atomic E-state index is 12.1. The molecule has 0 amide bonds. The van der Waals surface area contributed by atoms with Crippen molar-refractivity contribution in [1.82, 2.24) is 0 Å². The van der Waals surface area contributed by atoms with Crippen molar-refractivity contribution in [3.05, 3.63) is 72.8 Å². The van der Waals surface area contributed by atoms with Crippen molar-refractivity contribution in [2.75, 3.05) is 24.2 Å². The Kier molecular flexibility index (Phi) is 4.71. The minimum atomic E-state index is -3.62. The standard InChI is InChI=1S/C19H19NO3S/c1-20(18-12-11-16-7-5-6-8-17(16)15-18)13-14-24(21,22)23-19-9-3-2-4-10-19/h2-12,15H,13-14H2,1H3. The monoisotopic (exact) mass is 341 g/mol. The van der Waals surface area contributed by atoms with Crippen LogP contribution in [0.1, 0.15) is 0 Å². The molecule has 3 aromatic rings. The van der Waals surface area contributed by atoms with Gasteiger partial charge in [-0.2, -0.15) is 8.42 Å². The quantitative estimate of drug-likeness (QED) is 0.642. The van der Waals surface area contributed by atoms with E-state index in [0.717, 1.165) is 16.5 Å². The highest BCUT2D eigenvalue weighted by Crippen LogP contribution is 2.21. The number of hydrogen-bond acceptors (Lipinski definition) is 4. The van der Waals surface area contributed by atoms with Gasteiger partial charge in [0.2, 0.25) is 0 Å². The second-order valence-corrected chi connectivity index (χ2v) is 7.30. The lowest BCUT2D eigenvalue weighted by Crippen LogP contribution is -2.27. The Hall–Kier alpha value is -2.53. The lowest BCUT2D eigenvalue weighted by Gasteiger charge is -2.19.